The third-order valence-electron chi connectivity index (χ3n) is 4.42. The van der Waals surface area contributed by atoms with Crippen LogP contribution in [0.4, 0.5) is 0 Å². The molecule has 0 aliphatic carbocycles. The van der Waals surface area contributed by atoms with Gasteiger partial charge in [0.1, 0.15) is 0 Å². The summed E-state index contributed by atoms with van der Waals surface area (Å²) in [6.07, 6.45) is 2.34. The van der Waals surface area contributed by atoms with Crippen molar-refractivity contribution in [3.63, 3.8) is 0 Å². The Balaban J connectivity index is 2.14. The number of hydrogen-bond donors (Lipinski definition) is 1. The van der Waals surface area contributed by atoms with Gasteiger partial charge in [0.25, 0.3) is 5.91 Å². The Bertz CT molecular complexity index is 476. The minimum Gasteiger partial charge on any atom is -0.349 e. The van der Waals surface area contributed by atoms with Gasteiger partial charge < -0.3 is 14.8 Å². The monoisotopic (exact) mass is 277 g/mol. The zero-order valence-corrected chi connectivity index (χ0v) is 13.2. The van der Waals surface area contributed by atoms with E-state index in [1.165, 1.54) is 12.1 Å². The number of aromatic nitrogens is 1. The Labute approximate surface area is 122 Å². The highest BCUT2D eigenvalue weighted by Gasteiger charge is 2.26. The van der Waals surface area contributed by atoms with Crippen molar-refractivity contribution >= 4 is 5.91 Å². The van der Waals surface area contributed by atoms with Gasteiger partial charge in [-0.15, -0.1) is 0 Å². The van der Waals surface area contributed by atoms with Crippen molar-refractivity contribution in [3.05, 3.63) is 23.0 Å². The molecule has 0 saturated carbocycles. The SMILES string of the molecule is CCn1c(C)cc(C(=O)N2CCCC(CNC)C2)c1C. The highest BCUT2D eigenvalue weighted by atomic mass is 16.2. The second-order valence-electron chi connectivity index (χ2n) is 5.85. The summed E-state index contributed by atoms with van der Waals surface area (Å²) < 4.78 is 2.21. The molecule has 112 valence electrons. The lowest BCUT2D eigenvalue weighted by Gasteiger charge is -2.32. The van der Waals surface area contributed by atoms with E-state index in [4.69, 9.17) is 0 Å². The average molecular weight is 277 g/mol. The molecular formula is C16H27N3O. The fourth-order valence-corrected chi connectivity index (χ4v) is 3.38. The normalized spacial score (nSPS) is 19.4. The number of hydrogen-bond acceptors (Lipinski definition) is 2. The molecule has 20 heavy (non-hydrogen) atoms. The summed E-state index contributed by atoms with van der Waals surface area (Å²) >= 11 is 0. The lowest BCUT2D eigenvalue weighted by atomic mass is 9.97. The van der Waals surface area contributed by atoms with Crippen molar-refractivity contribution in [3.8, 4) is 0 Å². The van der Waals surface area contributed by atoms with Crippen molar-refractivity contribution < 1.29 is 4.79 Å². The number of piperidine rings is 1. The molecule has 4 nitrogen and oxygen atoms in total. The van der Waals surface area contributed by atoms with Gasteiger partial charge in [0.2, 0.25) is 0 Å². The van der Waals surface area contributed by atoms with Crippen LogP contribution in [0.25, 0.3) is 0 Å². The lowest BCUT2D eigenvalue weighted by molar-refractivity contribution is 0.0673. The van der Waals surface area contributed by atoms with Crippen LogP contribution in [0.15, 0.2) is 6.07 Å². The van der Waals surface area contributed by atoms with Gasteiger partial charge in [-0.2, -0.15) is 0 Å². The maximum Gasteiger partial charge on any atom is 0.255 e. The molecule has 0 bridgehead atoms. The van der Waals surface area contributed by atoms with Crippen molar-refractivity contribution in [2.24, 2.45) is 5.92 Å². The molecule has 0 aromatic carbocycles. The Morgan fingerprint density at radius 1 is 1.45 bits per heavy atom. The smallest absolute Gasteiger partial charge is 0.255 e. The number of amides is 1. The van der Waals surface area contributed by atoms with E-state index in [0.29, 0.717) is 5.92 Å². The highest BCUT2D eigenvalue weighted by molar-refractivity contribution is 5.95. The first-order valence-corrected chi connectivity index (χ1v) is 7.69. The molecule has 1 unspecified atom stereocenters. The van der Waals surface area contributed by atoms with E-state index in [0.717, 1.165) is 43.9 Å². The van der Waals surface area contributed by atoms with Gasteiger partial charge in [0.05, 0.1) is 5.56 Å². The molecule has 1 N–H and O–H groups in total. The summed E-state index contributed by atoms with van der Waals surface area (Å²) in [5, 5.41) is 3.23. The summed E-state index contributed by atoms with van der Waals surface area (Å²) in [6.45, 7) is 9.96. The van der Waals surface area contributed by atoms with Crippen molar-refractivity contribution in [2.75, 3.05) is 26.7 Å². The molecule has 1 atom stereocenters. The Morgan fingerprint density at radius 2 is 2.20 bits per heavy atom. The van der Waals surface area contributed by atoms with E-state index in [-0.39, 0.29) is 5.91 Å². The fourth-order valence-electron chi connectivity index (χ4n) is 3.38. The van der Waals surface area contributed by atoms with Crippen LogP contribution in [0.5, 0.6) is 0 Å². The van der Waals surface area contributed by atoms with Crippen LogP contribution in [0.1, 0.15) is 41.5 Å². The molecule has 1 aromatic rings. The van der Waals surface area contributed by atoms with Gasteiger partial charge in [0, 0.05) is 31.0 Å². The number of aryl methyl sites for hydroxylation is 1. The van der Waals surface area contributed by atoms with E-state index < -0.39 is 0 Å². The first kappa shape index (κ1) is 15.1. The molecule has 1 aromatic heterocycles. The summed E-state index contributed by atoms with van der Waals surface area (Å²) in [4.78, 5) is 14.8. The van der Waals surface area contributed by atoms with Crippen LogP contribution >= 0.6 is 0 Å². The average Bonchev–Trinajstić information content (AvgIpc) is 2.73. The first-order valence-electron chi connectivity index (χ1n) is 7.69. The van der Waals surface area contributed by atoms with Gasteiger partial charge in [0.15, 0.2) is 0 Å². The topological polar surface area (TPSA) is 37.3 Å². The van der Waals surface area contributed by atoms with Crippen LogP contribution in [0.2, 0.25) is 0 Å². The van der Waals surface area contributed by atoms with Crippen LogP contribution in [-0.4, -0.2) is 42.1 Å². The molecule has 1 aliphatic heterocycles. The van der Waals surface area contributed by atoms with Crippen LogP contribution in [0, 0.1) is 19.8 Å². The third-order valence-corrected chi connectivity index (χ3v) is 4.42. The van der Waals surface area contributed by atoms with Gasteiger partial charge in [-0.05, 0) is 59.2 Å². The standard InChI is InChI=1S/C16H27N3O/c1-5-19-12(2)9-15(13(19)3)16(20)18-8-6-7-14(11-18)10-17-4/h9,14,17H,5-8,10-11H2,1-4H3. The van der Waals surface area contributed by atoms with E-state index in [1.807, 2.05) is 18.0 Å². The maximum atomic E-state index is 12.7. The van der Waals surface area contributed by atoms with Crippen molar-refractivity contribution in [2.45, 2.75) is 40.2 Å². The Hall–Kier alpha value is -1.29. The molecule has 1 aliphatic rings. The molecule has 0 spiro atoms. The molecule has 2 heterocycles. The van der Waals surface area contributed by atoms with E-state index >= 15 is 0 Å². The van der Waals surface area contributed by atoms with Crippen molar-refractivity contribution in [1.82, 2.24) is 14.8 Å². The number of nitrogens with one attached hydrogen (secondary N) is 1. The quantitative estimate of drug-likeness (QED) is 0.916. The summed E-state index contributed by atoms with van der Waals surface area (Å²) in [5.41, 5.74) is 3.16. The first-order chi connectivity index (χ1) is 9.58. The van der Waals surface area contributed by atoms with E-state index in [1.54, 1.807) is 0 Å². The highest BCUT2D eigenvalue weighted by Crippen LogP contribution is 2.21. The summed E-state index contributed by atoms with van der Waals surface area (Å²) in [5.74, 6) is 0.797. The second kappa shape index (κ2) is 6.44. The lowest BCUT2D eigenvalue weighted by Crippen LogP contribution is -2.42. The number of carbonyl (C=O) groups is 1. The minimum absolute atomic E-state index is 0.207. The molecular weight excluding hydrogens is 250 g/mol. The van der Waals surface area contributed by atoms with Gasteiger partial charge in [-0.25, -0.2) is 0 Å². The maximum absolute atomic E-state index is 12.7. The fraction of sp³-hybridized carbons (Fsp3) is 0.688. The summed E-state index contributed by atoms with van der Waals surface area (Å²) in [6, 6.07) is 2.04. The Kier molecular flexibility index (Phi) is 4.86. The molecule has 1 fully saturated rings. The van der Waals surface area contributed by atoms with Gasteiger partial charge in [-0.1, -0.05) is 0 Å². The van der Waals surface area contributed by atoms with E-state index in [9.17, 15) is 4.79 Å². The number of carbonyl (C=O) groups excluding carboxylic acids is 1. The molecule has 4 heteroatoms. The number of nitrogens with zero attached hydrogens (tertiary/aromatic N) is 2. The minimum atomic E-state index is 0.207. The number of rotatable bonds is 4. The van der Waals surface area contributed by atoms with Gasteiger partial charge in [-0.3, -0.25) is 4.79 Å². The van der Waals surface area contributed by atoms with E-state index in [2.05, 4.69) is 30.7 Å². The summed E-state index contributed by atoms with van der Waals surface area (Å²) in [7, 11) is 1.98. The zero-order valence-electron chi connectivity index (χ0n) is 13.2. The second-order valence-corrected chi connectivity index (χ2v) is 5.85. The largest absolute Gasteiger partial charge is 0.349 e. The van der Waals surface area contributed by atoms with Crippen LogP contribution in [-0.2, 0) is 6.54 Å². The van der Waals surface area contributed by atoms with Crippen LogP contribution < -0.4 is 5.32 Å². The molecule has 0 radical (unpaired) electrons. The molecule has 2 rings (SSSR count). The molecule has 1 amide bonds. The van der Waals surface area contributed by atoms with Gasteiger partial charge >= 0.3 is 0 Å². The van der Waals surface area contributed by atoms with Crippen molar-refractivity contribution in [1.29, 1.82) is 0 Å². The molecule has 1 saturated heterocycles. The number of likely N-dealkylation sites (tertiary alicyclic amines) is 1. The van der Waals surface area contributed by atoms with Crippen LogP contribution in [0.3, 0.4) is 0 Å². The third kappa shape index (κ3) is 2.90. The Morgan fingerprint density at radius 3 is 2.80 bits per heavy atom. The predicted octanol–water partition coefficient (Wildman–Crippen LogP) is 2.20. The zero-order chi connectivity index (χ0) is 14.7. The predicted molar refractivity (Wildman–Crippen MR) is 82.1 cm³/mol.